The van der Waals surface area contributed by atoms with E-state index in [2.05, 4.69) is 42.0 Å². The van der Waals surface area contributed by atoms with E-state index in [0.29, 0.717) is 0 Å². The fraction of sp³-hybridized carbons (Fsp3) is 0.579. The summed E-state index contributed by atoms with van der Waals surface area (Å²) in [6, 6.07) is 8.59. The lowest BCUT2D eigenvalue weighted by Crippen LogP contribution is -1.96. The third-order valence-corrected chi connectivity index (χ3v) is 4.06. The molecule has 0 fully saturated rings. The van der Waals surface area contributed by atoms with Crippen LogP contribution in [-0.4, -0.2) is 11.2 Å². The van der Waals surface area contributed by atoms with Gasteiger partial charge in [-0.3, -0.25) is 0 Å². The molecule has 0 aliphatic carbocycles. The molecule has 0 unspecified atom stereocenters. The number of benzene rings is 1. The minimum absolute atomic E-state index is 0.726. The summed E-state index contributed by atoms with van der Waals surface area (Å²) in [6.45, 7) is 6.15. The highest BCUT2D eigenvalue weighted by Crippen LogP contribution is 2.22. The van der Waals surface area contributed by atoms with E-state index in [1.807, 2.05) is 6.92 Å². The minimum Gasteiger partial charge on any atom is -0.494 e. The minimum atomic E-state index is 0.726. The number of hydrogen-bond donors (Lipinski definition) is 0. The largest absolute Gasteiger partial charge is 0.494 e. The van der Waals surface area contributed by atoms with Gasteiger partial charge in [-0.15, -0.1) is 0 Å². The molecule has 0 saturated heterocycles. The van der Waals surface area contributed by atoms with E-state index in [4.69, 9.17) is 4.74 Å². The van der Waals surface area contributed by atoms with E-state index in [0.717, 1.165) is 18.9 Å². The van der Waals surface area contributed by atoms with Crippen LogP contribution in [-0.2, 0) is 6.54 Å². The van der Waals surface area contributed by atoms with Crippen molar-refractivity contribution in [3.05, 3.63) is 30.5 Å². The van der Waals surface area contributed by atoms with Crippen molar-refractivity contribution >= 4 is 10.9 Å². The van der Waals surface area contributed by atoms with Crippen LogP contribution in [0.15, 0.2) is 30.5 Å². The van der Waals surface area contributed by atoms with Crippen molar-refractivity contribution in [2.24, 2.45) is 0 Å². The molecule has 0 atom stereocenters. The van der Waals surface area contributed by atoms with Crippen molar-refractivity contribution in [3.8, 4) is 5.75 Å². The predicted molar refractivity (Wildman–Crippen MR) is 91.1 cm³/mol. The Morgan fingerprint density at radius 3 is 2.43 bits per heavy atom. The summed E-state index contributed by atoms with van der Waals surface area (Å²) in [7, 11) is 0. The third kappa shape index (κ3) is 4.80. The number of fused-ring (bicyclic) bond motifs is 1. The van der Waals surface area contributed by atoms with Crippen LogP contribution < -0.4 is 4.74 Å². The maximum Gasteiger partial charge on any atom is 0.120 e. The Morgan fingerprint density at radius 1 is 0.905 bits per heavy atom. The van der Waals surface area contributed by atoms with Crippen LogP contribution in [0.5, 0.6) is 5.75 Å². The Morgan fingerprint density at radius 2 is 1.67 bits per heavy atom. The van der Waals surface area contributed by atoms with E-state index in [9.17, 15) is 0 Å². The average molecular weight is 287 g/mol. The number of ether oxygens (including phenoxy) is 1. The number of unbranched alkanes of at least 4 members (excludes halogenated alkanes) is 6. The fourth-order valence-corrected chi connectivity index (χ4v) is 2.87. The van der Waals surface area contributed by atoms with Crippen molar-refractivity contribution in [1.29, 1.82) is 0 Å². The van der Waals surface area contributed by atoms with Crippen LogP contribution in [0.3, 0.4) is 0 Å². The molecule has 0 aliphatic heterocycles. The van der Waals surface area contributed by atoms with E-state index in [-0.39, 0.29) is 0 Å². The van der Waals surface area contributed by atoms with Gasteiger partial charge in [0, 0.05) is 23.6 Å². The zero-order valence-corrected chi connectivity index (χ0v) is 13.6. The zero-order valence-electron chi connectivity index (χ0n) is 13.6. The molecule has 21 heavy (non-hydrogen) atoms. The highest BCUT2D eigenvalue weighted by atomic mass is 16.5. The van der Waals surface area contributed by atoms with Crippen LogP contribution in [0.1, 0.15) is 58.8 Å². The first kappa shape index (κ1) is 15.9. The van der Waals surface area contributed by atoms with Crippen molar-refractivity contribution in [2.75, 3.05) is 6.61 Å². The second-order valence-corrected chi connectivity index (χ2v) is 5.78. The van der Waals surface area contributed by atoms with Gasteiger partial charge in [0.25, 0.3) is 0 Å². The van der Waals surface area contributed by atoms with E-state index in [1.54, 1.807) is 0 Å². The maximum absolute atomic E-state index is 5.56. The molecule has 0 radical (unpaired) electrons. The summed E-state index contributed by atoms with van der Waals surface area (Å²) < 4.78 is 7.93. The second-order valence-electron chi connectivity index (χ2n) is 5.78. The fourth-order valence-electron chi connectivity index (χ4n) is 2.87. The lowest BCUT2D eigenvalue weighted by Gasteiger charge is -2.07. The standard InChI is InChI=1S/C19H29NO/c1-3-5-6-7-8-9-10-14-20-15-13-17-16-18(21-4-2)11-12-19(17)20/h11-13,15-16H,3-10,14H2,1-2H3. The summed E-state index contributed by atoms with van der Waals surface area (Å²) >= 11 is 0. The lowest BCUT2D eigenvalue weighted by molar-refractivity contribution is 0.340. The first-order valence-electron chi connectivity index (χ1n) is 8.57. The molecule has 116 valence electrons. The number of aryl methyl sites for hydroxylation is 1. The molecule has 0 amide bonds. The molecular formula is C19H29NO. The Hall–Kier alpha value is -1.44. The molecule has 0 bridgehead atoms. The molecule has 1 heterocycles. The summed E-state index contributed by atoms with van der Waals surface area (Å²) in [6.07, 6.45) is 11.7. The molecule has 2 rings (SSSR count). The third-order valence-electron chi connectivity index (χ3n) is 4.06. The van der Waals surface area contributed by atoms with Gasteiger partial charge in [0.05, 0.1) is 6.61 Å². The number of hydrogen-bond acceptors (Lipinski definition) is 1. The molecular weight excluding hydrogens is 258 g/mol. The topological polar surface area (TPSA) is 14.2 Å². The second kappa shape index (κ2) is 8.76. The maximum atomic E-state index is 5.56. The van der Waals surface area contributed by atoms with E-state index >= 15 is 0 Å². The highest BCUT2D eigenvalue weighted by molar-refractivity contribution is 5.81. The lowest BCUT2D eigenvalue weighted by atomic mass is 10.1. The molecule has 0 saturated carbocycles. The van der Waals surface area contributed by atoms with Crippen LogP contribution in [0.25, 0.3) is 10.9 Å². The van der Waals surface area contributed by atoms with Gasteiger partial charge in [-0.1, -0.05) is 45.4 Å². The van der Waals surface area contributed by atoms with Gasteiger partial charge in [0.1, 0.15) is 5.75 Å². The van der Waals surface area contributed by atoms with Gasteiger partial charge < -0.3 is 9.30 Å². The van der Waals surface area contributed by atoms with Gasteiger partial charge in [0.2, 0.25) is 0 Å². The Labute approximate surface area is 129 Å². The van der Waals surface area contributed by atoms with Crippen molar-refractivity contribution in [3.63, 3.8) is 0 Å². The molecule has 1 aromatic heterocycles. The van der Waals surface area contributed by atoms with Gasteiger partial charge in [0.15, 0.2) is 0 Å². The molecule has 2 heteroatoms. The summed E-state index contributed by atoms with van der Waals surface area (Å²) in [5.74, 6) is 0.971. The van der Waals surface area contributed by atoms with Crippen LogP contribution in [0, 0.1) is 0 Å². The van der Waals surface area contributed by atoms with Gasteiger partial charge in [-0.25, -0.2) is 0 Å². The Bertz CT molecular complexity index is 529. The molecule has 0 spiro atoms. The quantitative estimate of drug-likeness (QED) is 0.504. The number of nitrogens with zero attached hydrogens (tertiary/aromatic N) is 1. The Balaban J connectivity index is 1.80. The average Bonchev–Trinajstić information content (AvgIpc) is 2.89. The van der Waals surface area contributed by atoms with Crippen molar-refractivity contribution < 1.29 is 4.74 Å². The smallest absolute Gasteiger partial charge is 0.120 e. The van der Waals surface area contributed by atoms with Gasteiger partial charge in [-0.2, -0.15) is 0 Å². The summed E-state index contributed by atoms with van der Waals surface area (Å²) in [5, 5.41) is 1.28. The molecule has 1 aromatic carbocycles. The van der Waals surface area contributed by atoms with Gasteiger partial charge >= 0.3 is 0 Å². The summed E-state index contributed by atoms with van der Waals surface area (Å²) in [4.78, 5) is 0. The van der Waals surface area contributed by atoms with Crippen LogP contribution in [0.4, 0.5) is 0 Å². The molecule has 2 nitrogen and oxygen atoms in total. The predicted octanol–water partition coefficient (Wildman–Crippen LogP) is 5.79. The van der Waals surface area contributed by atoms with E-state index < -0.39 is 0 Å². The SMILES string of the molecule is CCCCCCCCCn1ccc2cc(OCC)ccc21. The Kier molecular flexibility index (Phi) is 6.65. The van der Waals surface area contributed by atoms with Gasteiger partial charge in [-0.05, 0) is 37.6 Å². The van der Waals surface area contributed by atoms with Crippen LogP contribution in [0.2, 0.25) is 0 Å². The monoisotopic (exact) mass is 287 g/mol. The zero-order chi connectivity index (χ0) is 14.9. The molecule has 0 aliphatic rings. The van der Waals surface area contributed by atoms with E-state index in [1.165, 1.54) is 55.8 Å². The number of rotatable bonds is 10. The highest BCUT2D eigenvalue weighted by Gasteiger charge is 2.02. The summed E-state index contributed by atoms with van der Waals surface area (Å²) in [5.41, 5.74) is 1.32. The van der Waals surface area contributed by atoms with Crippen LogP contribution >= 0.6 is 0 Å². The normalized spacial score (nSPS) is 11.1. The molecule has 2 aromatic rings. The molecule has 0 N–H and O–H groups in total. The van der Waals surface area contributed by atoms with Crippen molar-refractivity contribution in [2.45, 2.75) is 65.3 Å². The number of aromatic nitrogens is 1. The first-order chi connectivity index (χ1) is 10.3. The first-order valence-corrected chi connectivity index (χ1v) is 8.57. The van der Waals surface area contributed by atoms with Crippen molar-refractivity contribution in [1.82, 2.24) is 4.57 Å².